The maximum Gasteiger partial charge on any atom is 0.253 e. The van der Waals surface area contributed by atoms with Gasteiger partial charge in [0.15, 0.2) is 0 Å². The Morgan fingerprint density at radius 3 is 2.65 bits per heavy atom. The third kappa shape index (κ3) is 3.54. The first-order valence-electron chi connectivity index (χ1n) is 6.27. The van der Waals surface area contributed by atoms with Gasteiger partial charge in [0.1, 0.15) is 5.75 Å². The molecule has 0 aliphatic rings. The van der Waals surface area contributed by atoms with E-state index in [0.717, 1.165) is 16.2 Å². The Balaban J connectivity index is 2.11. The molecule has 1 amide bonds. The van der Waals surface area contributed by atoms with Gasteiger partial charge in [0.25, 0.3) is 5.91 Å². The maximum atomic E-state index is 12.3. The van der Waals surface area contributed by atoms with E-state index >= 15 is 0 Å². The average molecular weight is 287 g/mol. The standard InChI is InChI=1S/C16H17NO2S/c1-17(11-12-5-3-7-14(9-12)19-2)16(18)13-6-4-8-15(20)10-13/h3-10,20H,11H2,1-2H3. The lowest BCUT2D eigenvalue weighted by Gasteiger charge is -2.18. The summed E-state index contributed by atoms with van der Waals surface area (Å²) in [6, 6.07) is 14.9. The molecule has 0 N–H and O–H groups in total. The molecule has 0 spiro atoms. The van der Waals surface area contributed by atoms with E-state index < -0.39 is 0 Å². The number of methoxy groups -OCH3 is 1. The van der Waals surface area contributed by atoms with Gasteiger partial charge < -0.3 is 9.64 Å². The number of hydrogen-bond acceptors (Lipinski definition) is 3. The minimum absolute atomic E-state index is 0.0243. The molecule has 0 aliphatic heterocycles. The summed E-state index contributed by atoms with van der Waals surface area (Å²) in [4.78, 5) is 14.8. The smallest absolute Gasteiger partial charge is 0.253 e. The van der Waals surface area contributed by atoms with Crippen LogP contribution in [0.4, 0.5) is 0 Å². The number of rotatable bonds is 4. The van der Waals surface area contributed by atoms with Gasteiger partial charge in [-0.3, -0.25) is 4.79 Å². The van der Waals surface area contributed by atoms with Crippen molar-refractivity contribution in [3.05, 3.63) is 59.7 Å². The minimum Gasteiger partial charge on any atom is -0.497 e. The van der Waals surface area contributed by atoms with Gasteiger partial charge in [-0.25, -0.2) is 0 Å². The molecule has 0 bridgehead atoms. The number of ether oxygens (including phenoxy) is 1. The number of carbonyl (C=O) groups is 1. The summed E-state index contributed by atoms with van der Waals surface area (Å²) in [6.45, 7) is 0.535. The molecule has 0 unspecified atom stereocenters. The molecule has 0 radical (unpaired) electrons. The van der Waals surface area contributed by atoms with E-state index in [1.165, 1.54) is 0 Å². The van der Waals surface area contributed by atoms with E-state index in [1.807, 2.05) is 36.4 Å². The van der Waals surface area contributed by atoms with Crippen LogP contribution in [-0.2, 0) is 6.54 Å². The quantitative estimate of drug-likeness (QED) is 0.875. The maximum absolute atomic E-state index is 12.3. The number of benzene rings is 2. The summed E-state index contributed by atoms with van der Waals surface area (Å²) < 4.78 is 5.18. The van der Waals surface area contributed by atoms with Crippen molar-refractivity contribution in [3.8, 4) is 5.75 Å². The first-order chi connectivity index (χ1) is 9.60. The van der Waals surface area contributed by atoms with Crippen molar-refractivity contribution in [2.45, 2.75) is 11.4 Å². The molecule has 0 heterocycles. The molecule has 0 saturated carbocycles. The molecule has 2 aromatic carbocycles. The molecule has 2 rings (SSSR count). The summed E-state index contributed by atoms with van der Waals surface area (Å²) in [6.07, 6.45) is 0. The Morgan fingerprint density at radius 2 is 1.95 bits per heavy atom. The summed E-state index contributed by atoms with van der Waals surface area (Å²) >= 11 is 4.26. The van der Waals surface area contributed by atoms with Gasteiger partial charge in [-0.2, -0.15) is 0 Å². The monoisotopic (exact) mass is 287 g/mol. The van der Waals surface area contributed by atoms with Crippen molar-refractivity contribution in [2.75, 3.05) is 14.2 Å². The van der Waals surface area contributed by atoms with Crippen LogP contribution in [0.3, 0.4) is 0 Å². The zero-order valence-electron chi connectivity index (χ0n) is 11.5. The van der Waals surface area contributed by atoms with Crippen molar-refractivity contribution in [2.24, 2.45) is 0 Å². The molecular weight excluding hydrogens is 270 g/mol. The van der Waals surface area contributed by atoms with Crippen LogP contribution in [-0.4, -0.2) is 25.0 Å². The van der Waals surface area contributed by atoms with Crippen molar-refractivity contribution in [1.29, 1.82) is 0 Å². The normalized spacial score (nSPS) is 10.2. The first kappa shape index (κ1) is 14.5. The molecule has 2 aromatic rings. The van der Waals surface area contributed by atoms with Crippen molar-refractivity contribution in [1.82, 2.24) is 4.90 Å². The molecule has 3 nitrogen and oxygen atoms in total. The Morgan fingerprint density at radius 1 is 1.20 bits per heavy atom. The van der Waals surface area contributed by atoms with E-state index in [1.54, 1.807) is 31.2 Å². The van der Waals surface area contributed by atoms with Gasteiger partial charge in [-0.1, -0.05) is 18.2 Å². The number of thiol groups is 1. The fourth-order valence-corrected chi connectivity index (χ4v) is 2.20. The first-order valence-corrected chi connectivity index (χ1v) is 6.72. The van der Waals surface area contributed by atoms with Crippen LogP contribution in [0.15, 0.2) is 53.4 Å². The van der Waals surface area contributed by atoms with Crippen LogP contribution >= 0.6 is 12.6 Å². The van der Waals surface area contributed by atoms with Gasteiger partial charge in [0.2, 0.25) is 0 Å². The highest BCUT2D eigenvalue weighted by Gasteiger charge is 2.12. The van der Waals surface area contributed by atoms with Crippen LogP contribution in [0.5, 0.6) is 5.75 Å². The van der Waals surface area contributed by atoms with E-state index in [-0.39, 0.29) is 5.91 Å². The Kier molecular flexibility index (Phi) is 4.69. The average Bonchev–Trinajstić information content (AvgIpc) is 2.46. The van der Waals surface area contributed by atoms with Gasteiger partial charge in [0.05, 0.1) is 7.11 Å². The Bertz CT molecular complexity index is 613. The highest BCUT2D eigenvalue weighted by atomic mass is 32.1. The lowest BCUT2D eigenvalue weighted by molar-refractivity contribution is 0.0784. The van der Waals surface area contributed by atoms with Gasteiger partial charge in [0, 0.05) is 24.1 Å². The molecule has 0 fully saturated rings. The summed E-state index contributed by atoms with van der Waals surface area (Å²) in [5.41, 5.74) is 1.67. The van der Waals surface area contributed by atoms with Crippen LogP contribution in [0.25, 0.3) is 0 Å². The number of carbonyl (C=O) groups excluding carboxylic acids is 1. The van der Waals surface area contributed by atoms with Gasteiger partial charge in [-0.15, -0.1) is 12.6 Å². The van der Waals surface area contributed by atoms with Crippen LogP contribution < -0.4 is 4.74 Å². The van der Waals surface area contributed by atoms with E-state index in [0.29, 0.717) is 12.1 Å². The van der Waals surface area contributed by atoms with Crippen molar-refractivity contribution >= 4 is 18.5 Å². The van der Waals surface area contributed by atoms with Crippen LogP contribution in [0, 0.1) is 0 Å². The van der Waals surface area contributed by atoms with Crippen molar-refractivity contribution < 1.29 is 9.53 Å². The molecule has 20 heavy (non-hydrogen) atoms. The van der Waals surface area contributed by atoms with Crippen molar-refractivity contribution in [3.63, 3.8) is 0 Å². The topological polar surface area (TPSA) is 29.5 Å². The number of nitrogens with zero attached hydrogens (tertiary/aromatic N) is 1. The van der Waals surface area contributed by atoms with Gasteiger partial charge in [-0.05, 0) is 35.9 Å². The van der Waals surface area contributed by atoms with Gasteiger partial charge >= 0.3 is 0 Å². The zero-order chi connectivity index (χ0) is 14.5. The highest BCUT2D eigenvalue weighted by Crippen LogP contribution is 2.16. The summed E-state index contributed by atoms with van der Waals surface area (Å²) in [7, 11) is 3.42. The second kappa shape index (κ2) is 6.48. The number of hydrogen-bond donors (Lipinski definition) is 1. The van der Waals surface area contributed by atoms with E-state index in [4.69, 9.17) is 4.74 Å². The molecule has 4 heteroatoms. The third-order valence-electron chi connectivity index (χ3n) is 2.99. The predicted octanol–water partition coefficient (Wildman–Crippen LogP) is 3.26. The molecular formula is C16H17NO2S. The fraction of sp³-hybridized carbons (Fsp3) is 0.188. The lowest BCUT2D eigenvalue weighted by Crippen LogP contribution is -2.26. The zero-order valence-corrected chi connectivity index (χ0v) is 12.4. The molecule has 0 aliphatic carbocycles. The molecule has 0 saturated heterocycles. The Hall–Kier alpha value is -1.94. The largest absolute Gasteiger partial charge is 0.497 e. The summed E-state index contributed by atoms with van der Waals surface area (Å²) in [5.74, 6) is 0.768. The molecule has 0 aromatic heterocycles. The molecule has 104 valence electrons. The predicted molar refractivity (Wildman–Crippen MR) is 82.5 cm³/mol. The number of amides is 1. The minimum atomic E-state index is -0.0243. The molecule has 0 atom stereocenters. The second-order valence-electron chi connectivity index (χ2n) is 4.56. The van der Waals surface area contributed by atoms with Crippen LogP contribution in [0.2, 0.25) is 0 Å². The SMILES string of the molecule is COc1cccc(CN(C)C(=O)c2cccc(S)c2)c1. The third-order valence-corrected chi connectivity index (χ3v) is 3.27. The van der Waals surface area contributed by atoms with Crippen LogP contribution in [0.1, 0.15) is 15.9 Å². The second-order valence-corrected chi connectivity index (χ2v) is 5.08. The van der Waals surface area contributed by atoms with E-state index in [9.17, 15) is 4.79 Å². The fourth-order valence-electron chi connectivity index (χ4n) is 1.98. The summed E-state index contributed by atoms with van der Waals surface area (Å²) in [5, 5.41) is 0. The highest BCUT2D eigenvalue weighted by molar-refractivity contribution is 7.80. The lowest BCUT2D eigenvalue weighted by atomic mass is 10.1. The Labute approximate surface area is 124 Å². The van der Waals surface area contributed by atoms with E-state index in [2.05, 4.69) is 12.6 Å².